The van der Waals surface area contributed by atoms with Gasteiger partial charge in [0.2, 0.25) is 10.0 Å². The molecule has 0 spiro atoms. The lowest BCUT2D eigenvalue weighted by Gasteiger charge is -2.41. The van der Waals surface area contributed by atoms with Crippen molar-refractivity contribution in [1.82, 2.24) is 4.31 Å². The molecule has 2 atom stereocenters. The molecule has 166 valence electrons. The summed E-state index contributed by atoms with van der Waals surface area (Å²) in [7, 11) is -4.01. The molecule has 32 heavy (non-hydrogen) atoms. The third-order valence-electron chi connectivity index (χ3n) is 5.49. The quantitative estimate of drug-likeness (QED) is 0.403. The first-order valence-electron chi connectivity index (χ1n) is 9.91. The van der Waals surface area contributed by atoms with Gasteiger partial charge in [-0.3, -0.25) is 0 Å². The molecule has 0 saturated heterocycles. The van der Waals surface area contributed by atoms with E-state index in [0.717, 1.165) is 5.56 Å². The van der Waals surface area contributed by atoms with Crippen molar-refractivity contribution in [1.29, 1.82) is 0 Å². The van der Waals surface area contributed by atoms with Gasteiger partial charge in [0, 0.05) is 15.1 Å². The number of halogens is 3. The summed E-state index contributed by atoms with van der Waals surface area (Å²) < 4.78 is 29.5. The second-order valence-corrected chi connectivity index (χ2v) is 10.6. The molecule has 0 saturated carbocycles. The van der Waals surface area contributed by atoms with Crippen LogP contribution in [0.4, 0.5) is 0 Å². The zero-order valence-corrected chi connectivity index (χ0v) is 19.9. The predicted molar refractivity (Wildman–Crippen MR) is 129 cm³/mol. The van der Waals surface area contributed by atoms with Gasteiger partial charge in [-0.05, 0) is 71.7 Å². The first-order valence-corrected chi connectivity index (χ1v) is 12.5. The molecular formula is C24H20Cl3NO3S. The molecule has 3 aromatic carbocycles. The third kappa shape index (κ3) is 4.60. The molecule has 1 heterocycles. The fourth-order valence-corrected chi connectivity index (χ4v) is 6.37. The van der Waals surface area contributed by atoms with E-state index in [9.17, 15) is 13.5 Å². The average Bonchev–Trinajstić information content (AvgIpc) is 2.78. The second-order valence-electron chi connectivity index (χ2n) is 7.49. The van der Waals surface area contributed by atoms with Crippen LogP contribution in [0.25, 0.3) is 0 Å². The van der Waals surface area contributed by atoms with E-state index in [0.29, 0.717) is 32.6 Å². The van der Waals surface area contributed by atoms with Crippen LogP contribution in [-0.4, -0.2) is 24.4 Å². The maximum atomic E-state index is 14.0. The Bertz CT molecular complexity index is 1260. The number of sulfonamides is 1. The maximum Gasteiger partial charge on any atom is 0.244 e. The topological polar surface area (TPSA) is 57.6 Å². The fraction of sp³-hybridized carbons (Fsp3) is 0.167. The predicted octanol–water partition coefficient (Wildman–Crippen LogP) is 6.44. The Morgan fingerprint density at radius 1 is 0.844 bits per heavy atom. The second kappa shape index (κ2) is 9.56. The summed E-state index contributed by atoms with van der Waals surface area (Å²) in [5.74, 6) is 0. The summed E-state index contributed by atoms with van der Waals surface area (Å²) in [5, 5.41) is 11.6. The summed E-state index contributed by atoms with van der Waals surface area (Å²) in [6, 6.07) is 19.0. The van der Waals surface area contributed by atoms with Crippen LogP contribution in [0.2, 0.25) is 15.1 Å². The van der Waals surface area contributed by atoms with Crippen molar-refractivity contribution in [3.63, 3.8) is 0 Å². The molecule has 1 aliphatic rings. The van der Waals surface area contributed by atoms with Crippen LogP contribution >= 0.6 is 34.8 Å². The van der Waals surface area contributed by atoms with E-state index >= 15 is 0 Å². The third-order valence-corrected chi connectivity index (χ3v) is 8.10. The van der Waals surface area contributed by atoms with Gasteiger partial charge in [-0.15, -0.1) is 0 Å². The number of aliphatic hydroxyl groups is 1. The van der Waals surface area contributed by atoms with Crippen molar-refractivity contribution in [3.05, 3.63) is 111 Å². The normalized spacial score (nSPS) is 19.6. The Kier molecular flexibility index (Phi) is 6.96. The van der Waals surface area contributed by atoms with Crippen molar-refractivity contribution in [3.8, 4) is 0 Å². The molecular weight excluding hydrogens is 489 g/mol. The molecule has 0 aliphatic carbocycles. The zero-order valence-electron chi connectivity index (χ0n) is 16.8. The minimum absolute atomic E-state index is 0.111. The Hall–Kier alpha value is -1.86. The molecule has 1 aliphatic heterocycles. The lowest BCUT2D eigenvalue weighted by Crippen LogP contribution is -2.41. The van der Waals surface area contributed by atoms with Crippen LogP contribution in [0.3, 0.4) is 0 Å². The maximum absolute atomic E-state index is 14.0. The average molecular weight is 509 g/mol. The molecule has 0 fully saturated rings. The molecule has 0 bridgehead atoms. The molecule has 1 N–H and O–H groups in total. The van der Waals surface area contributed by atoms with E-state index in [1.807, 2.05) is 18.2 Å². The molecule has 0 amide bonds. The van der Waals surface area contributed by atoms with Gasteiger partial charge >= 0.3 is 0 Å². The van der Waals surface area contributed by atoms with E-state index < -0.39 is 22.1 Å². The van der Waals surface area contributed by atoms with E-state index in [2.05, 4.69) is 0 Å². The molecule has 2 unspecified atom stereocenters. The number of hydrogen-bond donors (Lipinski definition) is 1. The van der Waals surface area contributed by atoms with Gasteiger partial charge in [-0.1, -0.05) is 65.1 Å². The first-order chi connectivity index (χ1) is 15.3. The first kappa shape index (κ1) is 23.3. The summed E-state index contributed by atoms with van der Waals surface area (Å²) in [6.07, 6.45) is 2.28. The zero-order chi connectivity index (χ0) is 22.9. The van der Waals surface area contributed by atoms with Crippen molar-refractivity contribution in [2.75, 3.05) is 6.61 Å². The van der Waals surface area contributed by atoms with Crippen molar-refractivity contribution >= 4 is 44.8 Å². The minimum atomic E-state index is -4.01. The van der Waals surface area contributed by atoms with Gasteiger partial charge in [-0.25, -0.2) is 8.42 Å². The molecule has 8 heteroatoms. The Balaban J connectivity index is 1.95. The van der Waals surface area contributed by atoms with Crippen LogP contribution in [0.15, 0.2) is 89.3 Å². The number of hydrogen-bond acceptors (Lipinski definition) is 3. The van der Waals surface area contributed by atoms with E-state index in [1.165, 1.54) is 16.4 Å². The standard InChI is InChI=1S/C24H20Cl3NO3S/c25-19-8-10-22(11-9-19)32(30,31)28-23(16-3-1-5-20(26)13-16)12-7-18(15-29)24(28)17-4-2-6-21(27)14-17/h1-11,13-14,23-24,29H,12,15H2. The summed E-state index contributed by atoms with van der Waals surface area (Å²) in [6.45, 7) is -0.286. The van der Waals surface area contributed by atoms with Gasteiger partial charge in [0.15, 0.2) is 0 Å². The van der Waals surface area contributed by atoms with Gasteiger partial charge in [0.1, 0.15) is 0 Å². The summed E-state index contributed by atoms with van der Waals surface area (Å²) in [4.78, 5) is 0.111. The highest BCUT2D eigenvalue weighted by atomic mass is 35.5. The lowest BCUT2D eigenvalue weighted by molar-refractivity contribution is 0.230. The SMILES string of the molecule is O=S(=O)(c1ccc(Cl)cc1)N1C(c2cccc(Cl)c2)CC=C(CO)C1c1cccc(Cl)c1. The van der Waals surface area contributed by atoms with Gasteiger partial charge in [-0.2, -0.15) is 4.31 Å². The number of aliphatic hydroxyl groups excluding tert-OH is 1. The molecule has 0 radical (unpaired) electrons. The van der Waals surface area contributed by atoms with Crippen molar-refractivity contribution in [2.45, 2.75) is 23.4 Å². The van der Waals surface area contributed by atoms with E-state index in [4.69, 9.17) is 34.8 Å². The number of rotatable bonds is 5. The van der Waals surface area contributed by atoms with Crippen LogP contribution in [0, 0.1) is 0 Å². The molecule has 4 nitrogen and oxygen atoms in total. The molecule has 3 aromatic rings. The molecule has 4 rings (SSSR count). The van der Waals surface area contributed by atoms with Crippen LogP contribution in [-0.2, 0) is 10.0 Å². The van der Waals surface area contributed by atoms with Crippen molar-refractivity contribution < 1.29 is 13.5 Å². The number of nitrogens with zero attached hydrogens (tertiary/aromatic N) is 1. The Morgan fingerprint density at radius 2 is 1.44 bits per heavy atom. The number of benzene rings is 3. The lowest BCUT2D eigenvalue weighted by atomic mass is 9.90. The highest BCUT2D eigenvalue weighted by molar-refractivity contribution is 7.89. The highest BCUT2D eigenvalue weighted by Gasteiger charge is 2.42. The van der Waals surface area contributed by atoms with E-state index in [1.54, 1.807) is 48.5 Å². The largest absolute Gasteiger partial charge is 0.392 e. The van der Waals surface area contributed by atoms with E-state index in [-0.39, 0.29) is 11.5 Å². The fourth-order valence-electron chi connectivity index (χ4n) is 4.04. The van der Waals surface area contributed by atoms with Gasteiger partial charge in [0.05, 0.1) is 23.6 Å². The minimum Gasteiger partial charge on any atom is -0.392 e. The van der Waals surface area contributed by atoms with Gasteiger partial charge < -0.3 is 5.11 Å². The summed E-state index contributed by atoms with van der Waals surface area (Å²) in [5.41, 5.74) is 2.01. The summed E-state index contributed by atoms with van der Waals surface area (Å²) >= 11 is 18.5. The monoisotopic (exact) mass is 507 g/mol. The highest BCUT2D eigenvalue weighted by Crippen LogP contribution is 2.46. The Labute approximate surface area is 202 Å². The van der Waals surface area contributed by atoms with Crippen LogP contribution < -0.4 is 0 Å². The van der Waals surface area contributed by atoms with Crippen LogP contribution in [0.5, 0.6) is 0 Å². The Morgan fingerprint density at radius 3 is 2.03 bits per heavy atom. The van der Waals surface area contributed by atoms with Gasteiger partial charge in [0.25, 0.3) is 0 Å². The molecule has 0 aromatic heterocycles. The smallest absolute Gasteiger partial charge is 0.244 e. The van der Waals surface area contributed by atoms with Crippen molar-refractivity contribution in [2.24, 2.45) is 0 Å². The van der Waals surface area contributed by atoms with Crippen LogP contribution in [0.1, 0.15) is 29.6 Å².